The van der Waals surface area contributed by atoms with Crippen molar-refractivity contribution >= 4 is 23.3 Å². The number of amides is 2. The second kappa shape index (κ2) is 12.2. The Labute approximate surface area is 214 Å². The highest BCUT2D eigenvalue weighted by Crippen LogP contribution is 2.23. The Morgan fingerprint density at radius 2 is 1.41 bits per heavy atom. The van der Waals surface area contributed by atoms with Gasteiger partial charge in [-0.15, -0.1) is 0 Å². The van der Waals surface area contributed by atoms with Gasteiger partial charge in [-0.05, 0) is 54.6 Å². The third-order valence-corrected chi connectivity index (χ3v) is 5.50. The normalized spacial score (nSPS) is 10.3. The maximum atomic E-state index is 12.5. The van der Waals surface area contributed by atoms with Crippen LogP contribution in [0.3, 0.4) is 0 Å². The second-order valence-corrected chi connectivity index (χ2v) is 7.96. The average molecular weight is 498 g/mol. The van der Waals surface area contributed by atoms with E-state index in [0.29, 0.717) is 35.8 Å². The zero-order valence-electron chi connectivity index (χ0n) is 20.5. The van der Waals surface area contributed by atoms with Crippen LogP contribution in [0.4, 0.5) is 11.5 Å². The van der Waals surface area contributed by atoms with Crippen LogP contribution in [-0.4, -0.2) is 49.1 Å². The van der Waals surface area contributed by atoms with E-state index in [-0.39, 0.29) is 11.8 Å². The van der Waals surface area contributed by atoms with E-state index >= 15 is 0 Å². The van der Waals surface area contributed by atoms with Gasteiger partial charge in [0.05, 0.1) is 19.9 Å². The largest absolute Gasteiger partial charge is 0.497 e. The van der Waals surface area contributed by atoms with Crippen molar-refractivity contribution in [1.29, 1.82) is 0 Å². The lowest BCUT2D eigenvalue weighted by molar-refractivity contribution is 0.0927. The van der Waals surface area contributed by atoms with Crippen molar-refractivity contribution in [3.05, 3.63) is 96.3 Å². The molecule has 1 heterocycles. The van der Waals surface area contributed by atoms with E-state index in [0.717, 1.165) is 22.7 Å². The Morgan fingerprint density at radius 1 is 0.730 bits per heavy atom. The quantitative estimate of drug-likeness (QED) is 0.283. The third-order valence-electron chi connectivity index (χ3n) is 5.50. The fourth-order valence-electron chi connectivity index (χ4n) is 3.52. The number of benzene rings is 3. The van der Waals surface area contributed by atoms with Gasteiger partial charge in [-0.2, -0.15) is 0 Å². The summed E-state index contributed by atoms with van der Waals surface area (Å²) in [5.41, 5.74) is 3.44. The molecular weight excluding hydrogens is 470 g/mol. The first-order chi connectivity index (χ1) is 18.1. The molecule has 0 saturated heterocycles. The summed E-state index contributed by atoms with van der Waals surface area (Å²) in [5.74, 6) is 1.56. The highest BCUT2D eigenvalue weighted by atomic mass is 16.5. The summed E-state index contributed by atoms with van der Waals surface area (Å²) in [6, 6.07) is 23.4. The number of ether oxygens (including phenoxy) is 2. The van der Waals surface area contributed by atoms with E-state index in [1.807, 2.05) is 42.5 Å². The molecule has 1 aromatic heterocycles. The maximum Gasteiger partial charge on any atom is 0.251 e. The van der Waals surface area contributed by atoms with Gasteiger partial charge in [0.15, 0.2) is 0 Å². The first-order valence-electron chi connectivity index (χ1n) is 11.6. The van der Waals surface area contributed by atoms with Crippen molar-refractivity contribution in [3.8, 4) is 22.8 Å². The highest BCUT2D eigenvalue weighted by Gasteiger charge is 2.09. The summed E-state index contributed by atoms with van der Waals surface area (Å²) >= 11 is 0. The van der Waals surface area contributed by atoms with E-state index in [2.05, 4.69) is 25.9 Å². The molecular formula is C28H27N5O4. The van der Waals surface area contributed by atoms with Gasteiger partial charge in [0.1, 0.15) is 23.6 Å². The van der Waals surface area contributed by atoms with Crippen LogP contribution >= 0.6 is 0 Å². The van der Waals surface area contributed by atoms with E-state index in [9.17, 15) is 9.59 Å². The number of hydrogen-bond acceptors (Lipinski definition) is 7. The van der Waals surface area contributed by atoms with Crippen LogP contribution in [0.2, 0.25) is 0 Å². The summed E-state index contributed by atoms with van der Waals surface area (Å²) in [5, 5.41) is 8.83. The highest BCUT2D eigenvalue weighted by molar-refractivity contribution is 5.95. The molecule has 37 heavy (non-hydrogen) atoms. The van der Waals surface area contributed by atoms with Crippen molar-refractivity contribution in [2.45, 2.75) is 0 Å². The molecule has 9 nitrogen and oxygen atoms in total. The number of carbonyl (C=O) groups excluding carboxylic acids is 2. The molecule has 0 aliphatic heterocycles. The minimum Gasteiger partial charge on any atom is -0.497 e. The predicted octanol–water partition coefficient (Wildman–Crippen LogP) is 4.06. The molecule has 0 bridgehead atoms. The number of carbonyl (C=O) groups is 2. The Kier molecular flexibility index (Phi) is 8.28. The van der Waals surface area contributed by atoms with Gasteiger partial charge >= 0.3 is 0 Å². The topological polar surface area (TPSA) is 114 Å². The Hall–Kier alpha value is -4.92. The van der Waals surface area contributed by atoms with Crippen LogP contribution in [0, 0.1) is 0 Å². The van der Waals surface area contributed by atoms with E-state index in [1.54, 1.807) is 50.6 Å². The van der Waals surface area contributed by atoms with Crippen LogP contribution in [-0.2, 0) is 0 Å². The van der Waals surface area contributed by atoms with E-state index in [4.69, 9.17) is 9.47 Å². The first-order valence-corrected chi connectivity index (χ1v) is 11.6. The van der Waals surface area contributed by atoms with Crippen molar-refractivity contribution in [3.63, 3.8) is 0 Å². The number of aromatic nitrogens is 2. The van der Waals surface area contributed by atoms with Crippen molar-refractivity contribution in [2.24, 2.45) is 0 Å². The first kappa shape index (κ1) is 25.2. The van der Waals surface area contributed by atoms with E-state index < -0.39 is 0 Å². The monoisotopic (exact) mass is 497 g/mol. The molecule has 3 N–H and O–H groups in total. The molecule has 4 aromatic rings. The van der Waals surface area contributed by atoms with Gasteiger partial charge in [-0.3, -0.25) is 9.59 Å². The molecule has 4 rings (SSSR count). The maximum absolute atomic E-state index is 12.5. The molecule has 2 amide bonds. The number of methoxy groups -OCH3 is 2. The third kappa shape index (κ3) is 6.82. The van der Waals surface area contributed by atoms with Gasteiger partial charge in [-0.25, -0.2) is 9.97 Å². The molecule has 3 aromatic carbocycles. The number of hydrogen-bond donors (Lipinski definition) is 3. The van der Waals surface area contributed by atoms with Crippen LogP contribution in [0.1, 0.15) is 20.7 Å². The SMILES string of the molecule is COc1ccc(Nc2cc(-c3ccc(C(=O)NCCNC(=O)c4cccc(OC)c4)cc3)ncn2)cc1. The zero-order chi connectivity index (χ0) is 26.0. The molecule has 0 aliphatic rings. The molecule has 188 valence electrons. The van der Waals surface area contributed by atoms with Crippen LogP contribution in [0.5, 0.6) is 11.5 Å². The summed E-state index contributed by atoms with van der Waals surface area (Å²) in [4.78, 5) is 33.4. The van der Waals surface area contributed by atoms with Gasteiger partial charge in [0.2, 0.25) is 0 Å². The molecule has 0 saturated carbocycles. The Balaban J connectivity index is 1.29. The van der Waals surface area contributed by atoms with Crippen molar-refractivity contribution in [2.75, 3.05) is 32.6 Å². The smallest absolute Gasteiger partial charge is 0.251 e. The fourth-order valence-corrected chi connectivity index (χ4v) is 3.52. The molecule has 0 radical (unpaired) electrons. The molecule has 9 heteroatoms. The second-order valence-electron chi connectivity index (χ2n) is 7.96. The molecule has 0 unspecified atom stereocenters. The average Bonchev–Trinajstić information content (AvgIpc) is 2.95. The van der Waals surface area contributed by atoms with Gasteiger partial charge < -0.3 is 25.4 Å². The molecule has 0 atom stereocenters. The number of nitrogens with zero attached hydrogens (tertiary/aromatic N) is 2. The minimum absolute atomic E-state index is 0.230. The van der Waals surface area contributed by atoms with Gasteiger partial charge in [-0.1, -0.05) is 18.2 Å². The van der Waals surface area contributed by atoms with Crippen LogP contribution in [0.25, 0.3) is 11.3 Å². The van der Waals surface area contributed by atoms with Crippen LogP contribution in [0.15, 0.2) is 85.2 Å². The minimum atomic E-state index is -0.233. The lowest BCUT2D eigenvalue weighted by Gasteiger charge is -2.09. The fraction of sp³-hybridized carbons (Fsp3) is 0.143. The lowest BCUT2D eigenvalue weighted by Crippen LogP contribution is -2.34. The molecule has 0 aliphatic carbocycles. The number of rotatable bonds is 10. The Morgan fingerprint density at radius 3 is 2.08 bits per heavy atom. The summed E-state index contributed by atoms with van der Waals surface area (Å²) in [6.45, 7) is 0.591. The summed E-state index contributed by atoms with van der Waals surface area (Å²) in [6.07, 6.45) is 1.49. The number of nitrogens with one attached hydrogen (secondary N) is 3. The van der Waals surface area contributed by atoms with Gasteiger partial charge in [0.25, 0.3) is 11.8 Å². The standard InChI is InChI=1S/C28H27N5O4/c1-36-23-12-10-22(11-13-23)33-26-17-25(31-18-32-26)19-6-8-20(9-7-19)27(34)29-14-15-30-28(35)21-4-3-5-24(16-21)37-2/h3-13,16-18H,14-15H2,1-2H3,(H,29,34)(H,30,35)(H,31,32,33). The van der Waals surface area contributed by atoms with Crippen molar-refractivity contribution < 1.29 is 19.1 Å². The van der Waals surface area contributed by atoms with E-state index in [1.165, 1.54) is 6.33 Å². The van der Waals surface area contributed by atoms with Crippen LogP contribution < -0.4 is 25.4 Å². The summed E-state index contributed by atoms with van der Waals surface area (Å²) < 4.78 is 10.3. The number of anilines is 2. The Bertz CT molecular complexity index is 1360. The molecule has 0 spiro atoms. The molecule has 0 fully saturated rings. The van der Waals surface area contributed by atoms with Gasteiger partial charge in [0, 0.05) is 41.5 Å². The summed E-state index contributed by atoms with van der Waals surface area (Å²) in [7, 11) is 3.17. The zero-order valence-corrected chi connectivity index (χ0v) is 20.5. The van der Waals surface area contributed by atoms with Crippen molar-refractivity contribution in [1.82, 2.24) is 20.6 Å². The predicted molar refractivity (Wildman–Crippen MR) is 141 cm³/mol. The lowest BCUT2D eigenvalue weighted by atomic mass is 10.1.